The molecule has 0 saturated carbocycles. The monoisotopic (exact) mass is 2740 g/mol. The zero-order valence-electron chi connectivity index (χ0n) is 69.4. The molecule has 0 aliphatic rings. The molecule has 650 valence electrons. The Bertz CT molecular complexity index is 5880. The third-order valence-corrected chi connectivity index (χ3v) is 19.2. The first-order valence-electron chi connectivity index (χ1n) is 39.2. The van der Waals surface area contributed by atoms with Crippen molar-refractivity contribution in [2.24, 2.45) is 0 Å². The van der Waals surface area contributed by atoms with Gasteiger partial charge in [0.1, 0.15) is 5.69 Å². The fourth-order valence-corrected chi connectivity index (χ4v) is 13.1. The number of carbonyl (C=O) groups is 2. The second kappa shape index (κ2) is 58.3. The number of hydrogen-bond donors (Lipinski definition) is 2. The van der Waals surface area contributed by atoms with E-state index in [1.807, 2.05) is 164 Å². The van der Waals surface area contributed by atoms with Crippen LogP contribution >= 0.6 is 11.3 Å². The molecule has 0 fully saturated rings. The largest absolute Gasteiger partial charge is 0.512 e. The summed E-state index contributed by atoms with van der Waals surface area (Å²) in [5.74, 6) is -2.34. The molecule has 0 amide bonds. The Labute approximate surface area is 817 Å². The number of aliphatic hydroxyl groups is 1. The Hall–Kier alpha value is -10.1. The van der Waals surface area contributed by atoms with E-state index in [0.717, 1.165) is 73.1 Å². The molecule has 0 spiro atoms. The van der Waals surface area contributed by atoms with E-state index in [-0.39, 0.29) is 149 Å². The van der Waals surface area contributed by atoms with Gasteiger partial charge in [-0.25, -0.2) is 21.1 Å². The Morgan fingerprint density at radius 1 is 0.424 bits per heavy atom. The number of nitrogens with zero attached hydrogens (tertiary/aromatic N) is 7. The Balaban J connectivity index is 0.000000305. The number of aromatic nitrogens is 7. The van der Waals surface area contributed by atoms with Crippen LogP contribution in [0.5, 0.6) is 0 Å². The van der Waals surface area contributed by atoms with Crippen LogP contribution in [0.25, 0.3) is 110 Å². The van der Waals surface area contributed by atoms with E-state index >= 15 is 0 Å². The normalized spacial score (nSPS) is 10.1. The van der Waals surface area contributed by atoms with Crippen molar-refractivity contribution >= 4 is 54.7 Å². The molecule has 2 N–H and O–H groups in total. The van der Waals surface area contributed by atoms with Crippen LogP contribution in [0.2, 0.25) is 0 Å². The molecule has 0 unspecified atom stereocenters. The van der Waals surface area contributed by atoms with Crippen molar-refractivity contribution in [1.29, 1.82) is 0 Å². The zero-order chi connectivity index (χ0) is 83.8. The minimum absolute atomic E-state index is 0. The van der Waals surface area contributed by atoms with E-state index in [1.165, 1.54) is 126 Å². The number of halogens is 2. The van der Waals surface area contributed by atoms with Crippen LogP contribution in [-0.2, 0) is 137 Å². The minimum Gasteiger partial charge on any atom is -0.512 e. The van der Waals surface area contributed by atoms with Gasteiger partial charge in [-0.15, -0.1) is 178 Å². The number of ketones is 1. The van der Waals surface area contributed by atoms with E-state index in [0.29, 0.717) is 5.69 Å². The molecule has 20 heteroatoms. The number of carboxylic acids is 1. The van der Waals surface area contributed by atoms with E-state index in [2.05, 4.69) is 208 Å². The number of aliphatic hydroxyl groups excluding tert-OH is 1. The van der Waals surface area contributed by atoms with Crippen LogP contribution in [0.3, 0.4) is 0 Å². The van der Waals surface area contributed by atoms with Gasteiger partial charge in [-0.3, -0.25) is 13.6 Å². The molecule has 125 heavy (non-hydrogen) atoms. The summed E-state index contributed by atoms with van der Waals surface area (Å²) in [6.45, 7) is 11.8. The van der Waals surface area contributed by atoms with Crippen molar-refractivity contribution < 1.29 is 149 Å². The zero-order valence-corrected chi connectivity index (χ0v) is 84.6. The maximum atomic E-state index is 13.2. The molecule has 0 saturated heterocycles. The number of carbonyl (C=O) groups excluding carboxylic acids is 1. The summed E-state index contributed by atoms with van der Waals surface area (Å²) in [5.41, 5.74) is 15.2. The van der Waals surface area contributed by atoms with E-state index in [4.69, 9.17) is 10.2 Å². The average molecular weight is 2740 g/mol. The third kappa shape index (κ3) is 35.7. The number of hydrogen-bond acceptors (Lipinski definition) is 11. The second-order valence-corrected chi connectivity index (χ2v) is 29.2. The van der Waals surface area contributed by atoms with Crippen LogP contribution in [0.4, 0.5) is 8.78 Å². The Kier molecular flexibility index (Phi) is 50.0. The Morgan fingerprint density at radius 3 is 1.40 bits per heavy atom. The summed E-state index contributed by atoms with van der Waals surface area (Å²) < 4.78 is 27.1. The molecular formula is C105H91F2Ir6N7O4S-6. The summed E-state index contributed by atoms with van der Waals surface area (Å²) in [4.78, 5) is 50.8. The van der Waals surface area contributed by atoms with Gasteiger partial charge >= 0.3 is 5.97 Å². The molecule has 0 aliphatic carbocycles. The molecule has 0 bridgehead atoms. The van der Waals surface area contributed by atoms with Gasteiger partial charge in [0.25, 0.3) is 0 Å². The summed E-state index contributed by atoms with van der Waals surface area (Å²) in [6.07, 6.45) is 22.6. The second-order valence-electron chi connectivity index (χ2n) is 28.1. The average Bonchev–Trinajstić information content (AvgIpc) is 1.57. The minimum atomic E-state index is -0.990. The molecule has 8 heterocycles. The molecule has 0 aliphatic heterocycles. The predicted molar refractivity (Wildman–Crippen MR) is 481 cm³/mol. The van der Waals surface area contributed by atoms with Gasteiger partial charge in [0.15, 0.2) is 5.78 Å². The predicted octanol–water partition coefficient (Wildman–Crippen LogP) is 26.8. The quantitative estimate of drug-likeness (QED) is 0.0409. The van der Waals surface area contributed by atoms with Crippen LogP contribution in [0.1, 0.15) is 102 Å². The number of aryl methyl sites for hydroxylation is 1. The molecule has 9 aromatic carbocycles. The number of rotatable bonds is 16. The molecule has 0 atom stereocenters. The standard InChI is InChI=1S/C25H22N.C19H24N.C15H10N.C13H8NS.C11H6F2N.C11H8N.C6H5NO2.C5H8O2.6Ir/c1-25(2,3)22-13-11-18(12-14-22)20-8-6-9-21(17-20)24-23-10-5-4-7-19(23)15-16-26-24;1-2-3-4-5-6-7-10-17-12-14-18(15-13-17)19-11-8-9-16-20-19;1-2-7-13(8-3-1)15-14-9-5-4-6-12(14)10-11-16-15;1-2-7-12-10(5-1)9-13(15-12)11-6-3-4-8-14-11;12-8-4-5-9(10(13)7-8)11-3-1-2-6-14-11;1-2-6-10(7-3-1)11-8-4-5-9-12-11;8-6(9)5-3-1-2-4-7-5;1-4(6)3-5(2)7;;;;;;/h4-8,10-17H,1-3H3;8-9,11-14,16H,2-7,10H2,1H3;1-7,9-11H;1-8H;1-4,6-7H;1-6,8-9H;1-4H,(H,8,9);3,6H,1-2H3;;;;;;/q6*-1;;;;;;;;. The number of carboxylic acid groups (broad SMARTS) is 1. The molecule has 8 aromatic heterocycles. The first-order valence-corrected chi connectivity index (χ1v) is 40.0. The Morgan fingerprint density at radius 2 is 0.920 bits per heavy atom. The van der Waals surface area contributed by atoms with Crippen LogP contribution in [0.15, 0.2) is 352 Å². The topological polar surface area (TPSA) is 165 Å². The van der Waals surface area contributed by atoms with Gasteiger partial charge in [0.05, 0.1) is 5.76 Å². The number of aromatic carboxylic acids is 1. The summed E-state index contributed by atoms with van der Waals surface area (Å²) in [6, 6.07) is 115. The number of benzene rings is 9. The van der Waals surface area contributed by atoms with Crippen molar-refractivity contribution in [3.8, 4) is 78.0 Å². The fourth-order valence-electron chi connectivity index (χ4n) is 12.1. The SMILES string of the molecule is CC(=O)C=C(C)O.CC(C)(C)c1ccc(-c2cc[c-]c(-c3nccc4ccccc34)c2)cc1.CCCCCCCCc1c[c-]c(-c2ccccn2)cc1.Fc1c[c-]c(-c2ccccn2)c(F)c1.O=C(O)c1ccccn1.[Ir].[Ir].[Ir].[Ir].[Ir].[Ir].[c-]1c(-c2ccccn2)sc2ccccc12.[c-]1ccccc1-c1ccccn1.[c-]1ccccc1-c1nccc2ccccc12. The molecule has 11 nitrogen and oxygen atoms in total. The van der Waals surface area contributed by atoms with Gasteiger partial charge in [-0.2, -0.15) is 0 Å². The first-order chi connectivity index (χ1) is 58.0. The molecule has 17 aromatic rings. The molecular weight excluding hydrogens is 2650 g/mol. The van der Waals surface area contributed by atoms with Crippen molar-refractivity contribution in [2.45, 2.75) is 91.9 Å². The number of unbranched alkanes of at least 4 members (excludes halogenated alkanes) is 5. The van der Waals surface area contributed by atoms with Crippen molar-refractivity contribution in [2.75, 3.05) is 0 Å². The van der Waals surface area contributed by atoms with Crippen LogP contribution in [-0.4, -0.2) is 56.9 Å². The van der Waals surface area contributed by atoms with E-state index < -0.39 is 17.6 Å². The van der Waals surface area contributed by atoms with Gasteiger partial charge in [-0.1, -0.05) is 224 Å². The first kappa shape index (κ1) is 107. The molecule has 6 radical (unpaired) electrons. The number of fused-ring (bicyclic) bond motifs is 3. The van der Waals surface area contributed by atoms with E-state index in [9.17, 15) is 18.4 Å². The smallest absolute Gasteiger partial charge is 0.354 e. The van der Waals surface area contributed by atoms with Crippen LogP contribution in [0, 0.1) is 48.0 Å². The number of thiophene rings is 1. The van der Waals surface area contributed by atoms with Crippen molar-refractivity contribution in [1.82, 2.24) is 34.9 Å². The summed E-state index contributed by atoms with van der Waals surface area (Å²) >= 11 is 1.73. The van der Waals surface area contributed by atoms with Gasteiger partial charge in [-0.05, 0) is 139 Å². The van der Waals surface area contributed by atoms with Gasteiger partial charge in [0.2, 0.25) is 0 Å². The van der Waals surface area contributed by atoms with Crippen LogP contribution < -0.4 is 0 Å². The maximum Gasteiger partial charge on any atom is 0.354 e. The summed E-state index contributed by atoms with van der Waals surface area (Å²) in [5, 5.41) is 22.6. The van der Waals surface area contributed by atoms with Crippen molar-refractivity contribution in [3.05, 3.63) is 417 Å². The van der Waals surface area contributed by atoms with Gasteiger partial charge in [0, 0.05) is 187 Å². The fraction of sp³-hybridized carbons (Fsp3) is 0.133. The van der Waals surface area contributed by atoms with Gasteiger partial charge < -0.3 is 40.1 Å². The van der Waals surface area contributed by atoms with Crippen molar-refractivity contribution in [3.63, 3.8) is 0 Å². The number of pyridine rings is 7. The third-order valence-electron chi connectivity index (χ3n) is 18.1. The van der Waals surface area contributed by atoms with E-state index in [1.54, 1.807) is 54.1 Å². The number of allylic oxidation sites excluding steroid dienone is 2. The summed E-state index contributed by atoms with van der Waals surface area (Å²) in [7, 11) is 0. The maximum absolute atomic E-state index is 13.2. The molecule has 17 rings (SSSR count).